The standard InChI is InChI=1S/C14H17ClN2O4/c1-21-14(5-2-6-14)8-16-13(20)17-9-3-4-11(15)10(7-9)12(18)19/h3-4,7H,2,5-6,8H2,1H3,(H,18,19)(H2,16,17,20). The van der Waals surface area contributed by atoms with E-state index < -0.39 is 12.0 Å². The molecule has 0 atom stereocenters. The fraction of sp³-hybridized carbons (Fsp3) is 0.429. The summed E-state index contributed by atoms with van der Waals surface area (Å²) in [5.74, 6) is -1.14. The van der Waals surface area contributed by atoms with Crippen LogP contribution < -0.4 is 10.6 Å². The Morgan fingerprint density at radius 3 is 2.67 bits per heavy atom. The number of nitrogens with one attached hydrogen (secondary N) is 2. The van der Waals surface area contributed by atoms with Gasteiger partial charge in [-0.1, -0.05) is 11.6 Å². The van der Waals surface area contributed by atoms with E-state index in [1.54, 1.807) is 13.2 Å². The van der Waals surface area contributed by atoms with Crippen LogP contribution in [0.4, 0.5) is 10.5 Å². The van der Waals surface area contributed by atoms with Gasteiger partial charge in [-0.15, -0.1) is 0 Å². The van der Waals surface area contributed by atoms with Crippen LogP contribution in [0.25, 0.3) is 0 Å². The maximum Gasteiger partial charge on any atom is 0.337 e. The highest BCUT2D eigenvalue weighted by atomic mass is 35.5. The van der Waals surface area contributed by atoms with Gasteiger partial charge in [0.25, 0.3) is 0 Å². The van der Waals surface area contributed by atoms with Crippen molar-refractivity contribution in [2.75, 3.05) is 19.0 Å². The number of hydrogen-bond donors (Lipinski definition) is 3. The summed E-state index contributed by atoms with van der Waals surface area (Å²) < 4.78 is 5.40. The predicted octanol–water partition coefficient (Wildman–Crippen LogP) is 2.73. The molecular formula is C14H17ClN2O4. The molecule has 0 unspecified atom stereocenters. The van der Waals surface area contributed by atoms with Gasteiger partial charge in [-0.2, -0.15) is 0 Å². The molecule has 0 bridgehead atoms. The van der Waals surface area contributed by atoms with Crippen molar-refractivity contribution in [3.8, 4) is 0 Å². The van der Waals surface area contributed by atoms with Crippen molar-refractivity contribution in [3.63, 3.8) is 0 Å². The average molecular weight is 313 g/mol. The monoisotopic (exact) mass is 312 g/mol. The summed E-state index contributed by atoms with van der Waals surface area (Å²) in [6.07, 6.45) is 2.94. The maximum absolute atomic E-state index is 11.8. The first-order valence-corrected chi connectivity index (χ1v) is 6.96. The second-order valence-corrected chi connectivity index (χ2v) is 5.46. The van der Waals surface area contributed by atoms with E-state index >= 15 is 0 Å². The molecule has 1 aliphatic carbocycles. The molecule has 1 aromatic rings. The van der Waals surface area contributed by atoms with Crippen LogP contribution in [-0.2, 0) is 4.74 Å². The number of carboxylic acids is 1. The molecule has 2 amide bonds. The lowest BCUT2D eigenvalue weighted by Crippen LogP contribution is -2.50. The smallest absolute Gasteiger partial charge is 0.337 e. The highest BCUT2D eigenvalue weighted by molar-refractivity contribution is 6.33. The van der Waals surface area contributed by atoms with Crippen LogP contribution in [-0.4, -0.2) is 36.4 Å². The summed E-state index contributed by atoms with van der Waals surface area (Å²) >= 11 is 5.77. The summed E-state index contributed by atoms with van der Waals surface area (Å²) in [7, 11) is 1.64. The van der Waals surface area contributed by atoms with Gasteiger partial charge in [0.1, 0.15) is 0 Å². The minimum atomic E-state index is -1.14. The number of amides is 2. The maximum atomic E-state index is 11.8. The third-order valence-electron chi connectivity index (χ3n) is 3.72. The summed E-state index contributed by atoms with van der Waals surface area (Å²) in [6, 6.07) is 3.89. The number of halogens is 1. The Labute approximate surface area is 127 Å². The van der Waals surface area contributed by atoms with Gasteiger partial charge in [0.2, 0.25) is 0 Å². The van der Waals surface area contributed by atoms with Crippen molar-refractivity contribution in [1.82, 2.24) is 5.32 Å². The van der Waals surface area contributed by atoms with Crippen molar-refractivity contribution >= 4 is 29.3 Å². The number of carbonyl (C=O) groups is 2. The zero-order chi connectivity index (χ0) is 15.5. The number of carboxylic acid groups (broad SMARTS) is 1. The van der Waals surface area contributed by atoms with E-state index in [1.165, 1.54) is 12.1 Å². The fourth-order valence-electron chi connectivity index (χ4n) is 2.21. The zero-order valence-corrected chi connectivity index (χ0v) is 12.4. The molecular weight excluding hydrogens is 296 g/mol. The van der Waals surface area contributed by atoms with Crippen LogP contribution in [0.5, 0.6) is 0 Å². The van der Waals surface area contributed by atoms with Gasteiger partial charge in [0, 0.05) is 19.3 Å². The molecule has 1 aromatic carbocycles. The minimum Gasteiger partial charge on any atom is -0.478 e. The van der Waals surface area contributed by atoms with E-state index in [1.807, 2.05) is 0 Å². The zero-order valence-electron chi connectivity index (χ0n) is 11.6. The molecule has 1 saturated carbocycles. The summed E-state index contributed by atoms with van der Waals surface area (Å²) in [5.41, 5.74) is 0.0556. The molecule has 6 nitrogen and oxygen atoms in total. The number of carbonyl (C=O) groups excluding carboxylic acids is 1. The summed E-state index contributed by atoms with van der Waals surface area (Å²) in [6.45, 7) is 0.425. The molecule has 1 aliphatic rings. The Balaban J connectivity index is 1.93. The number of benzene rings is 1. The molecule has 0 saturated heterocycles. The Kier molecular flexibility index (Phi) is 4.69. The molecule has 3 N–H and O–H groups in total. The van der Waals surface area contributed by atoms with Crippen LogP contribution >= 0.6 is 11.6 Å². The third-order valence-corrected chi connectivity index (χ3v) is 4.05. The normalized spacial score (nSPS) is 15.9. The van der Waals surface area contributed by atoms with E-state index in [0.717, 1.165) is 19.3 Å². The van der Waals surface area contributed by atoms with Crippen molar-refractivity contribution in [1.29, 1.82) is 0 Å². The van der Waals surface area contributed by atoms with Gasteiger partial charge >= 0.3 is 12.0 Å². The van der Waals surface area contributed by atoms with E-state index in [2.05, 4.69) is 10.6 Å². The van der Waals surface area contributed by atoms with Gasteiger partial charge in [-0.25, -0.2) is 9.59 Å². The molecule has 21 heavy (non-hydrogen) atoms. The van der Waals surface area contributed by atoms with Gasteiger partial charge in [-0.3, -0.25) is 0 Å². The minimum absolute atomic E-state index is 0.0539. The fourth-order valence-corrected chi connectivity index (χ4v) is 2.41. The SMILES string of the molecule is COC1(CNC(=O)Nc2ccc(Cl)c(C(=O)O)c2)CCC1. The third kappa shape index (κ3) is 3.65. The predicted molar refractivity (Wildman–Crippen MR) is 79.0 cm³/mol. The Bertz CT molecular complexity index is 552. The number of hydrogen-bond acceptors (Lipinski definition) is 3. The highest BCUT2D eigenvalue weighted by Gasteiger charge is 2.37. The molecule has 0 heterocycles. The molecule has 0 radical (unpaired) electrons. The highest BCUT2D eigenvalue weighted by Crippen LogP contribution is 2.34. The van der Waals surface area contributed by atoms with Crippen LogP contribution in [0.3, 0.4) is 0 Å². The Morgan fingerprint density at radius 2 is 2.14 bits per heavy atom. The largest absolute Gasteiger partial charge is 0.478 e. The van der Waals surface area contributed by atoms with Crippen molar-refractivity contribution in [3.05, 3.63) is 28.8 Å². The van der Waals surface area contributed by atoms with Gasteiger partial charge in [0.15, 0.2) is 0 Å². The van der Waals surface area contributed by atoms with E-state index in [0.29, 0.717) is 12.2 Å². The van der Waals surface area contributed by atoms with Crippen molar-refractivity contribution < 1.29 is 19.4 Å². The first-order chi connectivity index (χ1) is 9.96. The topological polar surface area (TPSA) is 87.7 Å². The molecule has 114 valence electrons. The summed E-state index contributed by atoms with van der Waals surface area (Å²) in [4.78, 5) is 22.8. The first-order valence-electron chi connectivity index (χ1n) is 6.59. The number of urea groups is 1. The first kappa shape index (κ1) is 15.6. The number of rotatable bonds is 5. The summed E-state index contributed by atoms with van der Waals surface area (Å²) in [5, 5.41) is 14.4. The Hall–Kier alpha value is -1.79. The second kappa shape index (κ2) is 6.32. The van der Waals surface area contributed by atoms with Crippen LogP contribution in [0, 0.1) is 0 Å². The number of methoxy groups -OCH3 is 1. The lowest BCUT2D eigenvalue weighted by molar-refractivity contribution is -0.0671. The lowest BCUT2D eigenvalue weighted by atomic mass is 9.80. The molecule has 2 rings (SSSR count). The van der Waals surface area contributed by atoms with Crippen LogP contribution in [0.2, 0.25) is 5.02 Å². The van der Waals surface area contributed by atoms with E-state index in [9.17, 15) is 9.59 Å². The molecule has 0 aromatic heterocycles. The number of anilines is 1. The van der Waals surface area contributed by atoms with Crippen molar-refractivity contribution in [2.45, 2.75) is 24.9 Å². The van der Waals surface area contributed by atoms with Gasteiger partial charge in [-0.05, 0) is 37.5 Å². The van der Waals surface area contributed by atoms with E-state index in [-0.39, 0.29) is 16.2 Å². The molecule has 7 heteroatoms. The number of aromatic carboxylic acids is 1. The van der Waals surface area contributed by atoms with Crippen LogP contribution in [0.15, 0.2) is 18.2 Å². The van der Waals surface area contributed by atoms with Gasteiger partial charge < -0.3 is 20.5 Å². The quantitative estimate of drug-likeness (QED) is 0.780. The second-order valence-electron chi connectivity index (χ2n) is 5.05. The molecule has 0 aliphatic heterocycles. The molecule has 0 spiro atoms. The Morgan fingerprint density at radius 1 is 1.43 bits per heavy atom. The van der Waals surface area contributed by atoms with Crippen LogP contribution in [0.1, 0.15) is 29.6 Å². The van der Waals surface area contributed by atoms with E-state index in [4.69, 9.17) is 21.4 Å². The number of ether oxygens (including phenoxy) is 1. The average Bonchev–Trinajstić information content (AvgIpc) is 2.40. The lowest BCUT2D eigenvalue weighted by Gasteiger charge is -2.40. The molecule has 1 fully saturated rings. The van der Waals surface area contributed by atoms with Crippen molar-refractivity contribution in [2.24, 2.45) is 0 Å². The van der Waals surface area contributed by atoms with Gasteiger partial charge in [0.05, 0.1) is 16.2 Å².